The van der Waals surface area contributed by atoms with Gasteiger partial charge in [-0.25, -0.2) is 0 Å². The van der Waals surface area contributed by atoms with E-state index in [1.54, 1.807) is 6.07 Å². The van der Waals surface area contributed by atoms with Gasteiger partial charge in [-0.3, -0.25) is 4.79 Å². The van der Waals surface area contributed by atoms with Crippen LogP contribution in [0.4, 0.5) is 11.4 Å². The molecule has 0 radical (unpaired) electrons. The summed E-state index contributed by atoms with van der Waals surface area (Å²) >= 11 is 0. The molecule has 0 spiro atoms. The van der Waals surface area contributed by atoms with Crippen LogP contribution in [0, 0.1) is 20.8 Å². The van der Waals surface area contributed by atoms with Crippen molar-refractivity contribution in [2.24, 2.45) is 0 Å². The summed E-state index contributed by atoms with van der Waals surface area (Å²) in [5.74, 6) is 0.674. The molecule has 1 aliphatic heterocycles. The summed E-state index contributed by atoms with van der Waals surface area (Å²) in [7, 11) is 0. The molecular weight excluding hydrogens is 276 g/mol. The number of carbonyl (C=O) groups is 1. The number of fused-ring (bicyclic) bond motifs is 1. The first-order chi connectivity index (χ1) is 10.4. The highest BCUT2D eigenvalue weighted by molar-refractivity contribution is 5.96. The molecule has 2 aromatic carbocycles. The lowest BCUT2D eigenvalue weighted by Crippen LogP contribution is -2.31. The van der Waals surface area contributed by atoms with Crippen LogP contribution in [0.3, 0.4) is 0 Å². The number of aryl methyl sites for hydroxylation is 3. The summed E-state index contributed by atoms with van der Waals surface area (Å²) < 4.78 is 5.80. The molecule has 0 fully saturated rings. The number of rotatable bonds is 2. The molecule has 1 amide bonds. The van der Waals surface area contributed by atoms with Gasteiger partial charge < -0.3 is 15.8 Å². The predicted molar refractivity (Wildman–Crippen MR) is 88.3 cm³/mol. The molecule has 0 bridgehead atoms. The highest BCUT2D eigenvalue weighted by Gasteiger charge is 2.29. The maximum absolute atomic E-state index is 12.4. The van der Waals surface area contributed by atoms with Gasteiger partial charge in [-0.15, -0.1) is 0 Å². The quantitative estimate of drug-likeness (QED) is 0.837. The second kappa shape index (κ2) is 5.37. The predicted octanol–water partition coefficient (Wildman–Crippen LogP) is 3.14. The lowest BCUT2D eigenvalue weighted by atomic mass is 10.0. The molecule has 0 saturated heterocycles. The van der Waals surface area contributed by atoms with E-state index in [4.69, 9.17) is 10.5 Å². The highest BCUT2D eigenvalue weighted by atomic mass is 16.5. The highest BCUT2D eigenvalue weighted by Crippen LogP contribution is 2.32. The van der Waals surface area contributed by atoms with E-state index in [-0.39, 0.29) is 5.91 Å². The minimum atomic E-state index is -0.489. The molecule has 4 nitrogen and oxygen atoms in total. The van der Waals surface area contributed by atoms with Crippen LogP contribution in [-0.4, -0.2) is 12.0 Å². The average Bonchev–Trinajstić information content (AvgIpc) is 2.86. The minimum Gasteiger partial charge on any atom is -0.480 e. The molecule has 0 aliphatic carbocycles. The molecule has 2 aromatic rings. The number of nitrogens with two attached hydrogens (primary N) is 1. The van der Waals surface area contributed by atoms with Gasteiger partial charge in [0.2, 0.25) is 0 Å². The number of hydrogen-bond acceptors (Lipinski definition) is 3. The molecule has 1 heterocycles. The van der Waals surface area contributed by atoms with Crippen molar-refractivity contribution in [1.82, 2.24) is 0 Å². The van der Waals surface area contributed by atoms with Crippen LogP contribution in [-0.2, 0) is 11.2 Å². The molecule has 4 heteroatoms. The van der Waals surface area contributed by atoms with Crippen molar-refractivity contribution in [2.75, 3.05) is 11.1 Å². The third-order valence-corrected chi connectivity index (χ3v) is 4.16. The van der Waals surface area contributed by atoms with Crippen molar-refractivity contribution < 1.29 is 9.53 Å². The Morgan fingerprint density at radius 1 is 1.14 bits per heavy atom. The number of nitrogen functional groups attached to an aromatic ring is 1. The fourth-order valence-corrected chi connectivity index (χ4v) is 2.65. The van der Waals surface area contributed by atoms with Crippen LogP contribution in [0.1, 0.15) is 22.3 Å². The van der Waals surface area contributed by atoms with Gasteiger partial charge in [-0.05, 0) is 61.2 Å². The molecule has 114 valence electrons. The SMILES string of the molecule is Cc1cc2c(cc1C)OC(C(=O)Nc1cc(N)ccc1C)C2. The van der Waals surface area contributed by atoms with E-state index >= 15 is 0 Å². The van der Waals surface area contributed by atoms with Crippen LogP contribution >= 0.6 is 0 Å². The Morgan fingerprint density at radius 2 is 1.86 bits per heavy atom. The Balaban J connectivity index is 1.76. The van der Waals surface area contributed by atoms with Crippen LogP contribution in [0.2, 0.25) is 0 Å². The summed E-state index contributed by atoms with van der Waals surface area (Å²) in [6, 6.07) is 9.58. The second-order valence-electron chi connectivity index (χ2n) is 5.92. The van der Waals surface area contributed by atoms with Gasteiger partial charge >= 0.3 is 0 Å². The molecule has 3 rings (SSSR count). The molecule has 1 unspecified atom stereocenters. The van der Waals surface area contributed by atoms with Gasteiger partial charge in [0, 0.05) is 17.8 Å². The number of amides is 1. The number of carbonyl (C=O) groups excluding carboxylic acids is 1. The maximum Gasteiger partial charge on any atom is 0.265 e. The van der Waals surface area contributed by atoms with Crippen LogP contribution in [0.15, 0.2) is 30.3 Å². The van der Waals surface area contributed by atoms with Gasteiger partial charge in [0.25, 0.3) is 5.91 Å². The summed E-state index contributed by atoms with van der Waals surface area (Å²) in [6.45, 7) is 6.05. The van der Waals surface area contributed by atoms with E-state index in [1.807, 2.05) is 32.0 Å². The smallest absolute Gasteiger partial charge is 0.265 e. The fraction of sp³-hybridized carbons (Fsp3) is 0.278. The van der Waals surface area contributed by atoms with E-state index in [9.17, 15) is 4.79 Å². The largest absolute Gasteiger partial charge is 0.480 e. The van der Waals surface area contributed by atoms with E-state index < -0.39 is 6.10 Å². The Hall–Kier alpha value is -2.49. The zero-order valence-corrected chi connectivity index (χ0v) is 13.1. The number of anilines is 2. The summed E-state index contributed by atoms with van der Waals surface area (Å²) in [4.78, 5) is 12.4. The van der Waals surface area contributed by atoms with E-state index in [1.165, 1.54) is 11.1 Å². The minimum absolute atomic E-state index is 0.139. The van der Waals surface area contributed by atoms with Crippen molar-refractivity contribution in [3.8, 4) is 5.75 Å². The normalized spacial score (nSPS) is 16.0. The number of ether oxygens (including phenoxy) is 1. The van der Waals surface area contributed by atoms with Crippen LogP contribution < -0.4 is 15.8 Å². The van der Waals surface area contributed by atoms with Gasteiger partial charge in [0.15, 0.2) is 6.10 Å². The topological polar surface area (TPSA) is 64.3 Å². The average molecular weight is 296 g/mol. The molecule has 0 saturated carbocycles. The third-order valence-electron chi connectivity index (χ3n) is 4.16. The zero-order chi connectivity index (χ0) is 15.9. The van der Waals surface area contributed by atoms with Gasteiger partial charge in [-0.1, -0.05) is 12.1 Å². The summed E-state index contributed by atoms with van der Waals surface area (Å²) in [5.41, 5.74) is 11.6. The van der Waals surface area contributed by atoms with Gasteiger partial charge in [-0.2, -0.15) is 0 Å². The number of nitrogens with one attached hydrogen (secondary N) is 1. The lowest BCUT2D eigenvalue weighted by Gasteiger charge is -2.13. The third kappa shape index (κ3) is 2.64. The van der Waals surface area contributed by atoms with Gasteiger partial charge in [0.1, 0.15) is 5.75 Å². The lowest BCUT2D eigenvalue weighted by molar-refractivity contribution is -0.122. The number of hydrogen-bond donors (Lipinski definition) is 2. The first-order valence-electron chi connectivity index (χ1n) is 7.38. The van der Waals surface area contributed by atoms with Crippen molar-refractivity contribution in [2.45, 2.75) is 33.3 Å². The molecule has 1 atom stereocenters. The van der Waals surface area contributed by atoms with Crippen LogP contribution in [0.25, 0.3) is 0 Å². The summed E-state index contributed by atoms with van der Waals surface area (Å²) in [6.07, 6.45) is 0.112. The fourth-order valence-electron chi connectivity index (χ4n) is 2.65. The van der Waals surface area contributed by atoms with Crippen molar-refractivity contribution in [3.05, 3.63) is 52.6 Å². The Labute approximate surface area is 130 Å². The van der Waals surface area contributed by atoms with Gasteiger partial charge in [0.05, 0.1) is 0 Å². The first kappa shape index (κ1) is 14.4. The second-order valence-corrected chi connectivity index (χ2v) is 5.92. The molecule has 3 N–H and O–H groups in total. The first-order valence-corrected chi connectivity index (χ1v) is 7.38. The monoisotopic (exact) mass is 296 g/mol. The van der Waals surface area contributed by atoms with E-state index in [0.29, 0.717) is 12.1 Å². The zero-order valence-electron chi connectivity index (χ0n) is 13.1. The van der Waals surface area contributed by atoms with E-state index in [0.717, 1.165) is 22.6 Å². The maximum atomic E-state index is 12.4. The van der Waals surface area contributed by atoms with E-state index in [2.05, 4.69) is 18.3 Å². The standard InChI is InChI=1S/C18H20N2O2/c1-10-4-5-14(19)9-15(10)20-18(21)17-8-13-6-11(2)12(3)7-16(13)22-17/h4-7,9,17H,8,19H2,1-3H3,(H,20,21). The molecule has 1 aliphatic rings. The van der Waals surface area contributed by atoms with Crippen LogP contribution in [0.5, 0.6) is 5.75 Å². The van der Waals surface area contributed by atoms with Crippen molar-refractivity contribution >= 4 is 17.3 Å². The summed E-state index contributed by atoms with van der Waals surface area (Å²) in [5, 5.41) is 2.91. The number of benzene rings is 2. The van der Waals surface area contributed by atoms with Crippen molar-refractivity contribution in [1.29, 1.82) is 0 Å². The van der Waals surface area contributed by atoms with Crippen molar-refractivity contribution in [3.63, 3.8) is 0 Å². The molecule has 22 heavy (non-hydrogen) atoms. The molecule has 0 aromatic heterocycles. The Kier molecular flexibility index (Phi) is 3.53. The Bertz CT molecular complexity index is 722. The molecular formula is C18H20N2O2. The Morgan fingerprint density at radius 3 is 2.64 bits per heavy atom.